The highest BCUT2D eigenvalue weighted by Gasteiger charge is 2.30. The van der Waals surface area contributed by atoms with Gasteiger partial charge in [-0.3, -0.25) is 19.8 Å². The molecule has 0 radical (unpaired) electrons. The van der Waals surface area contributed by atoms with Gasteiger partial charge >= 0.3 is 5.97 Å². The largest absolute Gasteiger partial charge is 0.468 e. The molecule has 0 amide bonds. The Bertz CT molecular complexity index is 551. The van der Waals surface area contributed by atoms with E-state index in [0.717, 1.165) is 5.56 Å². The van der Waals surface area contributed by atoms with Gasteiger partial charge in [-0.25, -0.2) is 0 Å². The number of carbonyl (C=O) groups is 1. The highest BCUT2D eigenvalue weighted by molar-refractivity contribution is 9.10. The molecule has 1 atom stereocenters. The summed E-state index contributed by atoms with van der Waals surface area (Å²) in [6, 6.07) is 4.15. The first kappa shape index (κ1) is 15.9. The van der Waals surface area contributed by atoms with Gasteiger partial charge in [0.1, 0.15) is 6.04 Å². The van der Waals surface area contributed by atoms with Crippen molar-refractivity contribution >= 4 is 27.6 Å². The molecule has 2 rings (SSSR count). The molecule has 8 heteroatoms. The van der Waals surface area contributed by atoms with Crippen molar-refractivity contribution in [2.75, 3.05) is 26.9 Å². The van der Waals surface area contributed by atoms with Crippen LogP contribution in [0.2, 0.25) is 0 Å². The topological polar surface area (TPSA) is 81.9 Å². The SMILES string of the molecule is COC(=O)C1COCCN1Cc1ccc([N+](=O)[O-])cc1Br. The number of hydrogen-bond acceptors (Lipinski definition) is 6. The van der Waals surface area contributed by atoms with E-state index in [2.05, 4.69) is 15.9 Å². The van der Waals surface area contributed by atoms with Gasteiger partial charge in [-0.2, -0.15) is 0 Å². The van der Waals surface area contributed by atoms with E-state index in [-0.39, 0.29) is 18.3 Å². The highest BCUT2D eigenvalue weighted by Crippen LogP contribution is 2.25. The van der Waals surface area contributed by atoms with Crippen molar-refractivity contribution in [3.8, 4) is 0 Å². The normalized spacial score (nSPS) is 19.2. The Labute approximate surface area is 130 Å². The van der Waals surface area contributed by atoms with E-state index < -0.39 is 11.0 Å². The third kappa shape index (κ3) is 3.78. The molecule has 7 nitrogen and oxygen atoms in total. The summed E-state index contributed by atoms with van der Waals surface area (Å²) in [4.78, 5) is 24.0. The maximum Gasteiger partial charge on any atom is 0.325 e. The number of nitro benzene ring substituents is 1. The molecule has 1 aromatic rings. The Morgan fingerprint density at radius 1 is 1.62 bits per heavy atom. The van der Waals surface area contributed by atoms with Gasteiger partial charge in [0.05, 0.1) is 25.2 Å². The standard InChI is InChI=1S/C13H15BrN2O5/c1-20-13(17)12-8-21-5-4-15(12)7-9-2-3-10(16(18)19)6-11(9)14/h2-3,6,12H,4-5,7-8H2,1H3. The van der Waals surface area contributed by atoms with Gasteiger partial charge in [-0.1, -0.05) is 15.9 Å². The number of nitro groups is 1. The summed E-state index contributed by atoms with van der Waals surface area (Å²) in [5, 5.41) is 10.7. The lowest BCUT2D eigenvalue weighted by Crippen LogP contribution is -2.49. The zero-order valence-electron chi connectivity index (χ0n) is 11.5. The van der Waals surface area contributed by atoms with E-state index in [9.17, 15) is 14.9 Å². The van der Waals surface area contributed by atoms with Crippen molar-refractivity contribution in [2.24, 2.45) is 0 Å². The molecule has 0 aromatic heterocycles. The molecule has 1 heterocycles. The average molecular weight is 359 g/mol. The number of non-ortho nitro benzene ring substituents is 1. The summed E-state index contributed by atoms with van der Waals surface area (Å²) in [6.45, 7) is 1.92. The minimum Gasteiger partial charge on any atom is -0.468 e. The lowest BCUT2D eigenvalue weighted by Gasteiger charge is -2.33. The molecule has 1 saturated heterocycles. The summed E-state index contributed by atoms with van der Waals surface area (Å²) in [5.41, 5.74) is 0.897. The zero-order chi connectivity index (χ0) is 15.4. The molecule has 21 heavy (non-hydrogen) atoms. The van der Waals surface area contributed by atoms with Gasteiger partial charge < -0.3 is 9.47 Å². The smallest absolute Gasteiger partial charge is 0.325 e. The predicted molar refractivity (Wildman–Crippen MR) is 77.8 cm³/mol. The number of methoxy groups -OCH3 is 1. The molecule has 1 fully saturated rings. The minimum absolute atomic E-state index is 0.0251. The first-order valence-corrected chi connectivity index (χ1v) is 7.14. The Balaban J connectivity index is 2.15. The fraction of sp³-hybridized carbons (Fsp3) is 0.462. The average Bonchev–Trinajstić information content (AvgIpc) is 2.49. The number of morpholine rings is 1. The van der Waals surface area contributed by atoms with Crippen LogP contribution >= 0.6 is 15.9 Å². The van der Waals surface area contributed by atoms with Crippen LogP contribution in [0.15, 0.2) is 22.7 Å². The molecule has 1 aliphatic rings. The lowest BCUT2D eigenvalue weighted by molar-refractivity contribution is -0.384. The molecule has 1 aliphatic heterocycles. The Morgan fingerprint density at radius 2 is 2.38 bits per heavy atom. The summed E-state index contributed by atoms with van der Waals surface area (Å²) >= 11 is 3.34. The second-order valence-electron chi connectivity index (χ2n) is 4.62. The van der Waals surface area contributed by atoms with E-state index in [0.29, 0.717) is 24.2 Å². The van der Waals surface area contributed by atoms with Crippen LogP contribution in [0.3, 0.4) is 0 Å². The Hall–Kier alpha value is -1.51. The number of nitrogens with zero attached hydrogens (tertiary/aromatic N) is 2. The number of esters is 1. The second-order valence-corrected chi connectivity index (χ2v) is 5.47. The van der Waals surface area contributed by atoms with Gasteiger partial charge in [0.2, 0.25) is 0 Å². The number of halogens is 1. The predicted octanol–water partition coefficient (Wildman–Crippen LogP) is 1.73. The maximum absolute atomic E-state index is 11.8. The van der Waals surface area contributed by atoms with Gasteiger partial charge in [0, 0.05) is 29.7 Å². The van der Waals surface area contributed by atoms with Crippen LogP contribution in [0, 0.1) is 10.1 Å². The molecule has 0 N–H and O–H groups in total. The van der Waals surface area contributed by atoms with Gasteiger partial charge in [0.15, 0.2) is 0 Å². The Kier molecular flexibility index (Phi) is 5.27. The van der Waals surface area contributed by atoms with Crippen molar-refractivity contribution in [1.82, 2.24) is 4.90 Å². The quantitative estimate of drug-likeness (QED) is 0.463. The van der Waals surface area contributed by atoms with Crippen LogP contribution in [0.5, 0.6) is 0 Å². The van der Waals surface area contributed by atoms with Gasteiger partial charge in [0.25, 0.3) is 5.69 Å². The number of ether oxygens (including phenoxy) is 2. The van der Waals surface area contributed by atoms with Gasteiger partial charge in [-0.05, 0) is 11.6 Å². The second kappa shape index (κ2) is 6.97. The number of benzene rings is 1. The van der Waals surface area contributed by atoms with Gasteiger partial charge in [-0.15, -0.1) is 0 Å². The minimum atomic E-state index is -0.453. The van der Waals surface area contributed by atoms with Crippen molar-refractivity contribution in [3.05, 3.63) is 38.3 Å². The number of rotatable bonds is 4. The fourth-order valence-electron chi connectivity index (χ4n) is 2.18. The number of carbonyl (C=O) groups excluding carboxylic acids is 1. The molecule has 0 bridgehead atoms. The van der Waals surface area contributed by atoms with E-state index in [4.69, 9.17) is 9.47 Å². The van der Waals surface area contributed by atoms with Crippen molar-refractivity contribution in [3.63, 3.8) is 0 Å². The molecule has 1 unspecified atom stereocenters. The van der Waals surface area contributed by atoms with Crippen molar-refractivity contribution < 1.29 is 19.2 Å². The fourth-order valence-corrected chi connectivity index (χ4v) is 2.67. The summed E-state index contributed by atoms with van der Waals surface area (Å²) in [5.74, 6) is -0.340. The summed E-state index contributed by atoms with van der Waals surface area (Å²) in [7, 11) is 1.34. The maximum atomic E-state index is 11.8. The van der Waals surface area contributed by atoms with E-state index in [1.807, 2.05) is 4.90 Å². The zero-order valence-corrected chi connectivity index (χ0v) is 13.0. The number of hydrogen-bond donors (Lipinski definition) is 0. The lowest BCUT2D eigenvalue weighted by atomic mass is 10.1. The third-order valence-electron chi connectivity index (χ3n) is 3.33. The van der Waals surface area contributed by atoms with E-state index in [1.165, 1.54) is 19.2 Å². The third-order valence-corrected chi connectivity index (χ3v) is 4.07. The van der Waals surface area contributed by atoms with Crippen LogP contribution < -0.4 is 0 Å². The monoisotopic (exact) mass is 358 g/mol. The molecule has 114 valence electrons. The van der Waals surface area contributed by atoms with E-state index >= 15 is 0 Å². The molecule has 0 aliphatic carbocycles. The molecule has 0 spiro atoms. The van der Waals surface area contributed by atoms with Crippen LogP contribution in [0.1, 0.15) is 5.56 Å². The Morgan fingerprint density at radius 3 is 3.00 bits per heavy atom. The van der Waals surface area contributed by atoms with Crippen molar-refractivity contribution in [1.29, 1.82) is 0 Å². The van der Waals surface area contributed by atoms with Crippen LogP contribution in [0.4, 0.5) is 5.69 Å². The van der Waals surface area contributed by atoms with Crippen LogP contribution in [-0.2, 0) is 20.8 Å². The molecular weight excluding hydrogens is 344 g/mol. The molecular formula is C13H15BrN2O5. The molecule has 0 saturated carbocycles. The van der Waals surface area contributed by atoms with Crippen LogP contribution in [0.25, 0.3) is 0 Å². The highest BCUT2D eigenvalue weighted by atomic mass is 79.9. The molecule has 1 aromatic carbocycles. The van der Waals surface area contributed by atoms with Crippen molar-refractivity contribution in [2.45, 2.75) is 12.6 Å². The first-order valence-electron chi connectivity index (χ1n) is 6.35. The summed E-state index contributed by atoms with van der Waals surface area (Å²) in [6.07, 6.45) is 0. The first-order chi connectivity index (χ1) is 10.0. The van der Waals surface area contributed by atoms with Crippen LogP contribution in [-0.4, -0.2) is 48.7 Å². The van der Waals surface area contributed by atoms with E-state index in [1.54, 1.807) is 6.07 Å². The summed E-state index contributed by atoms with van der Waals surface area (Å²) < 4.78 is 10.7.